The Hall–Kier alpha value is -3.22. The third kappa shape index (κ3) is 3.89. The Morgan fingerprint density at radius 1 is 1.23 bits per heavy atom. The average Bonchev–Trinajstić information content (AvgIpc) is 2.55. The number of nitrogens with zero attached hydrogens (tertiary/aromatic N) is 2. The van der Waals surface area contributed by atoms with Crippen molar-refractivity contribution in [3.8, 4) is 5.75 Å². The van der Waals surface area contributed by atoms with Gasteiger partial charge in [0.25, 0.3) is 5.69 Å². The molecule has 0 aromatic heterocycles. The molecule has 0 radical (unpaired) electrons. The summed E-state index contributed by atoms with van der Waals surface area (Å²) in [6.07, 6.45) is 1.36. The fourth-order valence-corrected chi connectivity index (χ4v) is 1.62. The topological polar surface area (TPSA) is 91.0 Å². The number of hydrogen-bond donors (Lipinski definition) is 0. The maximum absolute atomic E-state index is 11.7. The van der Waals surface area contributed by atoms with E-state index in [2.05, 4.69) is 5.16 Å². The van der Waals surface area contributed by atoms with Crippen LogP contribution in [0.25, 0.3) is 0 Å². The van der Waals surface area contributed by atoms with E-state index in [4.69, 9.17) is 9.57 Å². The van der Waals surface area contributed by atoms with Crippen molar-refractivity contribution in [2.75, 3.05) is 7.11 Å². The molecule has 0 fully saturated rings. The molecule has 2 aromatic carbocycles. The molecule has 0 heterocycles. The fourth-order valence-electron chi connectivity index (χ4n) is 1.62. The predicted molar refractivity (Wildman–Crippen MR) is 79.1 cm³/mol. The highest BCUT2D eigenvalue weighted by Gasteiger charge is 2.12. The minimum Gasteiger partial charge on any atom is -0.497 e. The van der Waals surface area contributed by atoms with Crippen LogP contribution in [-0.2, 0) is 4.84 Å². The number of ether oxygens (including phenoxy) is 1. The van der Waals surface area contributed by atoms with E-state index in [0.717, 1.165) is 6.07 Å². The third-order valence-corrected chi connectivity index (χ3v) is 2.75. The molecule has 0 amide bonds. The number of methoxy groups -OCH3 is 1. The molecule has 7 nitrogen and oxygen atoms in total. The Labute approximate surface area is 125 Å². The summed E-state index contributed by atoms with van der Waals surface area (Å²) in [5, 5.41) is 14.2. The van der Waals surface area contributed by atoms with Crippen molar-refractivity contribution in [1.82, 2.24) is 0 Å². The van der Waals surface area contributed by atoms with Gasteiger partial charge in [-0.25, -0.2) is 4.79 Å². The normalized spacial score (nSPS) is 10.4. The highest BCUT2D eigenvalue weighted by molar-refractivity contribution is 5.90. The number of nitro groups is 1. The number of oxime groups is 1. The Bertz CT molecular complexity index is 710. The summed E-state index contributed by atoms with van der Waals surface area (Å²) in [6.45, 7) is 0. The Kier molecular flexibility index (Phi) is 4.81. The second kappa shape index (κ2) is 6.98. The van der Waals surface area contributed by atoms with Gasteiger partial charge < -0.3 is 9.57 Å². The van der Waals surface area contributed by atoms with Crippen LogP contribution < -0.4 is 4.74 Å². The average molecular weight is 300 g/mol. The van der Waals surface area contributed by atoms with E-state index < -0.39 is 10.9 Å². The molecule has 22 heavy (non-hydrogen) atoms. The van der Waals surface area contributed by atoms with Gasteiger partial charge in [-0.05, 0) is 35.9 Å². The van der Waals surface area contributed by atoms with Crippen molar-refractivity contribution < 1.29 is 19.3 Å². The van der Waals surface area contributed by atoms with E-state index in [1.165, 1.54) is 24.4 Å². The first-order chi connectivity index (χ1) is 10.6. The van der Waals surface area contributed by atoms with Crippen molar-refractivity contribution in [3.05, 3.63) is 69.8 Å². The van der Waals surface area contributed by atoms with Gasteiger partial charge in [-0.1, -0.05) is 11.2 Å². The lowest BCUT2D eigenvalue weighted by Crippen LogP contribution is -2.02. The number of carbonyl (C=O) groups excluding carboxylic acids is 1. The molecule has 0 atom stereocenters. The lowest BCUT2D eigenvalue weighted by atomic mass is 10.2. The lowest BCUT2D eigenvalue weighted by Gasteiger charge is -1.99. The molecule has 0 aliphatic rings. The fraction of sp³-hybridized carbons (Fsp3) is 0.0667. The Morgan fingerprint density at radius 2 is 1.95 bits per heavy atom. The predicted octanol–water partition coefficient (Wildman–Crippen LogP) is 2.79. The van der Waals surface area contributed by atoms with E-state index in [-0.39, 0.29) is 11.3 Å². The van der Waals surface area contributed by atoms with Gasteiger partial charge in [-0.3, -0.25) is 10.1 Å². The Balaban J connectivity index is 2.01. The summed E-state index contributed by atoms with van der Waals surface area (Å²) >= 11 is 0. The molecule has 0 aliphatic heterocycles. The molecular formula is C15H12N2O5. The van der Waals surface area contributed by atoms with Crippen molar-refractivity contribution >= 4 is 17.9 Å². The second-order valence-corrected chi connectivity index (χ2v) is 4.19. The first-order valence-electron chi connectivity index (χ1n) is 6.23. The zero-order chi connectivity index (χ0) is 15.9. The van der Waals surface area contributed by atoms with Gasteiger partial charge in [0.05, 0.1) is 23.8 Å². The summed E-state index contributed by atoms with van der Waals surface area (Å²) in [4.78, 5) is 26.5. The van der Waals surface area contributed by atoms with E-state index in [9.17, 15) is 14.9 Å². The summed E-state index contributed by atoms with van der Waals surface area (Å²) in [6, 6.07) is 12.2. The maximum atomic E-state index is 11.7. The van der Waals surface area contributed by atoms with E-state index in [1.807, 2.05) is 0 Å². The molecule has 0 spiro atoms. The molecule has 112 valence electrons. The van der Waals surface area contributed by atoms with Gasteiger partial charge in [-0.2, -0.15) is 0 Å². The highest BCUT2D eigenvalue weighted by atomic mass is 16.7. The van der Waals surface area contributed by atoms with E-state index in [1.54, 1.807) is 31.4 Å². The van der Waals surface area contributed by atoms with Crippen LogP contribution in [0, 0.1) is 10.1 Å². The van der Waals surface area contributed by atoms with Gasteiger partial charge in [0.2, 0.25) is 0 Å². The number of benzene rings is 2. The third-order valence-electron chi connectivity index (χ3n) is 2.75. The number of hydrogen-bond acceptors (Lipinski definition) is 6. The molecule has 0 bridgehead atoms. The van der Waals surface area contributed by atoms with E-state index >= 15 is 0 Å². The van der Waals surface area contributed by atoms with Crippen LogP contribution in [0.3, 0.4) is 0 Å². The zero-order valence-electron chi connectivity index (χ0n) is 11.6. The van der Waals surface area contributed by atoms with Gasteiger partial charge in [0.15, 0.2) is 0 Å². The summed E-state index contributed by atoms with van der Waals surface area (Å²) in [5.41, 5.74) is 0.585. The van der Waals surface area contributed by atoms with Crippen LogP contribution in [0.5, 0.6) is 5.75 Å². The van der Waals surface area contributed by atoms with Gasteiger partial charge in [0, 0.05) is 12.1 Å². The van der Waals surface area contributed by atoms with Gasteiger partial charge >= 0.3 is 5.97 Å². The molecule has 0 aliphatic carbocycles. The first-order valence-corrected chi connectivity index (χ1v) is 6.23. The quantitative estimate of drug-likeness (QED) is 0.366. The number of non-ortho nitro benzene ring substituents is 1. The largest absolute Gasteiger partial charge is 0.497 e. The van der Waals surface area contributed by atoms with Crippen LogP contribution >= 0.6 is 0 Å². The van der Waals surface area contributed by atoms with E-state index in [0.29, 0.717) is 11.3 Å². The monoisotopic (exact) mass is 300 g/mol. The number of nitro benzene ring substituents is 1. The molecule has 0 N–H and O–H groups in total. The molecule has 0 saturated carbocycles. The molecule has 2 aromatic rings. The van der Waals surface area contributed by atoms with Gasteiger partial charge in [-0.15, -0.1) is 0 Å². The van der Waals surface area contributed by atoms with Crippen LogP contribution in [0.2, 0.25) is 0 Å². The summed E-state index contributed by atoms with van der Waals surface area (Å²) in [7, 11) is 1.56. The molecule has 2 rings (SSSR count). The van der Waals surface area contributed by atoms with Crippen LogP contribution in [0.1, 0.15) is 15.9 Å². The van der Waals surface area contributed by atoms with Crippen molar-refractivity contribution in [1.29, 1.82) is 0 Å². The standard InChI is InChI=1S/C15H12N2O5/c1-21-14-7-5-11(6-8-14)10-16-22-15(18)12-3-2-4-13(9-12)17(19)20/h2-10H,1H3/b16-10+. The molecule has 0 unspecified atom stereocenters. The van der Waals surface area contributed by atoms with Crippen molar-refractivity contribution in [2.24, 2.45) is 5.16 Å². The number of rotatable bonds is 5. The molecular weight excluding hydrogens is 288 g/mol. The lowest BCUT2D eigenvalue weighted by molar-refractivity contribution is -0.384. The molecule has 0 saturated heterocycles. The minimum absolute atomic E-state index is 0.0566. The Morgan fingerprint density at radius 3 is 2.59 bits per heavy atom. The van der Waals surface area contributed by atoms with Crippen molar-refractivity contribution in [3.63, 3.8) is 0 Å². The summed E-state index contributed by atoms with van der Waals surface area (Å²) in [5.74, 6) is -0.0702. The van der Waals surface area contributed by atoms with Crippen LogP contribution in [-0.4, -0.2) is 24.2 Å². The summed E-state index contributed by atoms with van der Waals surface area (Å²) < 4.78 is 5.02. The maximum Gasteiger partial charge on any atom is 0.365 e. The van der Waals surface area contributed by atoms with Crippen LogP contribution in [0.4, 0.5) is 5.69 Å². The second-order valence-electron chi connectivity index (χ2n) is 4.19. The molecule has 7 heteroatoms. The SMILES string of the molecule is COc1ccc(/C=N/OC(=O)c2cccc([N+](=O)[O-])c2)cc1. The van der Waals surface area contributed by atoms with Crippen LogP contribution in [0.15, 0.2) is 53.7 Å². The minimum atomic E-state index is -0.770. The smallest absolute Gasteiger partial charge is 0.365 e. The first kappa shape index (κ1) is 15.2. The van der Waals surface area contributed by atoms with Gasteiger partial charge in [0.1, 0.15) is 5.75 Å². The number of carbonyl (C=O) groups is 1. The van der Waals surface area contributed by atoms with Crippen molar-refractivity contribution in [2.45, 2.75) is 0 Å². The highest BCUT2D eigenvalue weighted by Crippen LogP contribution is 2.14. The zero-order valence-corrected chi connectivity index (χ0v) is 11.6.